The summed E-state index contributed by atoms with van der Waals surface area (Å²) in [5, 5.41) is 0. The molecule has 0 aliphatic carbocycles. The van der Waals surface area contributed by atoms with Crippen molar-refractivity contribution in [2.24, 2.45) is 0 Å². The van der Waals surface area contributed by atoms with Gasteiger partial charge in [0, 0.05) is 0 Å². The summed E-state index contributed by atoms with van der Waals surface area (Å²) in [6, 6.07) is 0. The Morgan fingerprint density at radius 3 is 0.500 bits per heavy atom. The predicted octanol–water partition coefficient (Wildman–Crippen LogP) is -1.12. The Labute approximate surface area is 91.4 Å². The van der Waals surface area contributed by atoms with Crippen molar-refractivity contribution >= 4 is 34.7 Å². The first-order chi connectivity index (χ1) is 0. The maximum absolute atomic E-state index is 0. The smallest absolute Gasteiger partial charge is 2.00 e. The summed E-state index contributed by atoms with van der Waals surface area (Å²) in [4.78, 5) is 0. The van der Waals surface area contributed by atoms with Gasteiger partial charge in [-0.2, -0.15) is 0 Å². The average Bonchev–Trinajstić information content (AvgIpc) is 0. The van der Waals surface area contributed by atoms with E-state index in [2.05, 4.69) is 0 Å². The van der Waals surface area contributed by atoms with Crippen molar-refractivity contribution in [2.45, 2.75) is 0 Å². The molecule has 0 heterocycles. The van der Waals surface area contributed by atoms with E-state index >= 15 is 0 Å². The van der Waals surface area contributed by atoms with Gasteiger partial charge in [-0.1, -0.05) is 0 Å². The van der Waals surface area contributed by atoms with Crippen molar-refractivity contribution in [3.8, 4) is 0 Å². The van der Waals surface area contributed by atoms with Gasteiger partial charge in [-0.15, -0.1) is 0 Å². The van der Waals surface area contributed by atoms with Gasteiger partial charge >= 0.3 is 76.5 Å². The first kappa shape index (κ1) is 82.8. The van der Waals surface area contributed by atoms with Gasteiger partial charge in [0.1, 0.15) is 0 Å². The SMILES string of the molecule is [Al+3].[Al+3].[Ce+3].[O-2].[O-2].[O-2]. The molecule has 0 aliphatic rings. The van der Waals surface area contributed by atoms with Crippen molar-refractivity contribution in [3.63, 3.8) is 0 Å². The van der Waals surface area contributed by atoms with Crippen molar-refractivity contribution in [2.75, 3.05) is 0 Å². The number of hydrogen-bond acceptors (Lipinski definition) is 0. The fourth-order valence-electron chi connectivity index (χ4n) is 0. The molecule has 0 aromatic carbocycles. The van der Waals surface area contributed by atoms with Crippen molar-refractivity contribution in [3.05, 3.63) is 0 Å². The zero-order valence-corrected chi connectivity index (χ0v) is 8.33. The Hall–Kier alpha value is 2.32. The van der Waals surface area contributed by atoms with Gasteiger partial charge in [0.15, 0.2) is 0 Å². The van der Waals surface area contributed by atoms with Crippen LogP contribution >= 0.6 is 0 Å². The van der Waals surface area contributed by atoms with E-state index in [4.69, 9.17) is 0 Å². The van der Waals surface area contributed by atoms with Gasteiger partial charge in [0.25, 0.3) is 0 Å². The van der Waals surface area contributed by atoms with Gasteiger partial charge < -0.3 is 16.4 Å². The summed E-state index contributed by atoms with van der Waals surface area (Å²) in [5.41, 5.74) is 0. The van der Waals surface area contributed by atoms with Gasteiger partial charge in [0.2, 0.25) is 0 Å². The third-order valence-corrected chi connectivity index (χ3v) is 0. The predicted molar refractivity (Wildman–Crippen MR) is 13.6 cm³/mol. The monoisotopic (exact) mass is 242 g/mol. The zero-order valence-electron chi connectivity index (χ0n) is 2.88. The van der Waals surface area contributed by atoms with E-state index in [1.54, 1.807) is 0 Å². The second-order valence-corrected chi connectivity index (χ2v) is 0. The van der Waals surface area contributed by atoms with Crippen LogP contribution in [0.4, 0.5) is 0 Å². The average molecular weight is 242 g/mol. The zero-order chi connectivity index (χ0) is 0. The second-order valence-electron chi connectivity index (χ2n) is 0. The van der Waals surface area contributed by atoms with E-state index in [0.717, 1.165) is 0 Å². The molecule has 6 heteroatoms. The topological polar surface area (TPSA) is 85.5 Å². The van der Waals surface area contributed by atoms with E-state index in [1.165, 1.54) is 0 Å². The van der Waals surface area contributed by atoms with E-state index in [1.807, 2.05) is 0 Å². The third kappa shape index (κ3) is 33.2. The fraction of sp³-hybridized carbons (Fsp3) is 0. The van der Waals surface area contributed by atoms with Crippen LogP contribution in [-0.4, -0.2) is 34.7 Å². The van der Waals surface area contributed by atoms with Gasteiger partial charge in [-0.25, -0.2) is 0 Å². The van der Waals surface area contributed by atoms with Crippen LogP contribution in [0.1, 0.15) is 0 Å². The molecule has 6 heavy (non-hydrogen) atoms. The molecule has 0 spiro atoms. The quantitative estimate of drug-likeness (QED) is 0.482. The molecule has 1 radical (unpaired) electrons. The minimum Gasteiger partial charge on any atom is -2.00 e. The maximum Gasteiger partial charge on any atom is 3.00 e. The molecule has 25 valence electrons. The van der Waals surface area contributed by atoms with Gasteiger partial charge in [0.05, 0.1) is 0 Å². The summed E-state index contributed by atoms with van der Waals surface area (Å²) in [6.45, 7) is 0. The Balaban J connectivity index is 0. The van der Waals surface area contributed by atoms with Crippen molar-refractivity contribution in [1.29, 1.82) is 0 Å². The van der Waals surface area contributed by atoms with Gasteiger partial charge in [-0.3, -0.25) is 0 Å². The van der Waals surface area contributed by atoms with Crippen molar-refractivity contribution in [1.82, 2.24) is 0 Å². The molecular formula is Al2CeO3+3. The second kappa shape index (κ2) is 54.3. The molecule has 0 aliphatic heterocycles. The van der Waals surface area contributed by atoms with Crippen LogP contribution in [0.3, 0.4) is 0 Å². The van der Waals surface area contributed by atoms with Crippen LogP contribution in [-0.2, 0) is 16.4 Å². The summed E-state index contributed by atoms with van der Waals surface area (Å²) in [5.74, 6) is 0. The van der Waals surface area contributed by atoms with E-state index < -0.39 is 0 Å². The molecular weight excluding hydrogens is 242 g/mol. The van der Waals surface area contributed by atoms with E-state index in [9.17, 15) is 0 Å². The standard InChI is InChI=1S/2Al.Ce.3O/q3*+3;3*-2. The molecule has 0 unspecified atom stereocenters. The van der Waals surface area contributed by atoms with E-state index in [0.29, 0.717) is 0 Å². The summed E-state index contributed by atoms with van der Waals surface area (Å²) >= 11 is 0. The molecule has 0 saturated carbocycles. The minimum atomic E-state index is 0. The minimum absolute atomic E-state index is 0. The van der Waals surface area contributed by atoms with Crippen LogP contribution in [0.15, 0.2) is 0 Å². The van der Waals surface area contributed by atoms with Crippen molar-refractivity contribution < 1.29 is 58.2 Å². The molecule has 0 amide bonds. The number of rotatable bonds is 0. The Kier molecular flexibility index (Phi) is 749. The molecule has 0 aromatic rings. The molecule has 3 nitrogen and oxygen atoms in total. The molecule has 0 bridgehead atoms. The maximum atomic E-state index is 0. The first-order valence-electron chi connectivity index (χ1n) is 0. The summed E-state index contributed by atoms with van der Waals surface area (Å²) in [6.07, 6.45) is 0. The summed E-state index contributed by atoms with van der Waals surface area (Å²) < 4.78 is 0. The van der Waals surface area contributed by atoms with Crippen LogP contribution in [0, 0.1) is 41.7 Å². The van der Waals surface area contributed by atoms with Crippen LogP contribution in [0.5, 0.6) is 0 Å². The van der Waals surface area contributed by atoms with Gasteiger partial charge in [-0.05, 0) is 0 Å². The Bertz CT molecular complexity index is 8.75. The molecule has 0 N–H and O–H groups in total. The molecule has 0 rings (SSSR count). The normalized spacial score (nSPS) is 0. The molecule has 0 fully saturated rings. The molecule has 0 atom stereocenters. The summed E-state index contributed by atoms with van der Waals surface area (Å²) in [7, 11) is 0. The Morgan fingerprint density at radius 1 is 0.500 bits per heavy atom. The van der Waals surface area contributed by atoms with Crippen LogP contribution < -0.4 is 0 Å². The van der Waals surface area contributed by atoms with Crippen LogP contribution in [0.25, 0.3) is 0 Å². The Morgan fingerprint density at radius 2 is 0.500 bits per heavy atom. The fourth-order valence-corrected chi connectivity index (χ4v) is 0. The number of hydrogen-bond donors (Lipinski definition) is 0. The third-order valence-electron chi connectivity index (χ3n) is 0. The molecule has 0 saturated heterocycles. The largest absolute Gasteiger partial charge is 3.00 e. The molecule has 0 aromatic heterocycles. The van der Waals surface area contributed by atoms with Crippen LogP contribution in [0.2, 0.25) is 0 Å². The van der Waals surface area contributed by atoms with E-state index in [-0.39, 0.29) is 92.9 Å². The first-order valence-corrected chi connectivity index (χ1v) is 0.